The molecule has 0 aliphatic carbocycles. The molecule has 170 valence electrons. The summed E-state index contributed by atoms with van der Waals surface area (Å²) in [5.41, 5.74) is -1.12. The highest BCUT2D eigenvalue weighted by Crippen LogP contribution is 2.16. The Morgan fingerprint density at radius 2 is 1.69 bits per heavy atom. The van der Waals surface area contributed by atoms with E-state index in [4.69, 9.17) is 14.0 Å². The van der Waals surface area contributed by atoms with Crippen molar-refractivity contribution in [3.63, 3.8) is 0 Å². The monoisotopic (exact) mass is 437 g/mol. The minimum absolute atomic E-state index is 0.0540. The first-order valence-electron chi connectivity index (χ1n) is 9.77. The molecule has 0 aromatic heterocycles. The molecule has 0 aliphatic rings. The predicted molar refractivity (Wildman–Crippen MR) is 108 cm³/mol. The van der Waals surface area contributed by atoms with E-state index in [2.05, 4.69) is 5.32 Å². The molecular weight excluding hydrogens is 402 g/mol. The van der Waals surface area contributed by atoms with Gasteiger partial charge in [-0.25, -0.2) is 0 Å². The summed E-state index contributed by atoms with van der Waals surface area (Å²) < 4.78 is 40.9. The summed E-state index contributed by atoms with van der Waals surface area (Å²) >= 11 is 0. The lowest BCUT2D eigenvalue weighted by atomic mass is 9.93. The second-order valence-electron chi connectivity index (χ2n) is 7.82. The van der Waals surface area contributed by atoms with Crippen LogP contribution in [-0.4, -0.2) is 62.2 Å². The standard InChI is InChI=1S/C19H35NO8S/c1-15(21)16(8-7-13-28-18(23)9-5-6-12-27-4)10-11-17(22)20-19(2,3)14-29(24,25)26/h16H,5-14H2,1-4H3,(H,20,22)(H,24,25,26). The Balaban J connectivity index is 4.22. The van der Waals surface area contributed by atoms with Crippen molar-refractivity contribution in [1.29, 1.82) is 0 Å². The average Bonchev–Trinajstić information content (AvgIpc) is 2.54. The van der Waals surface area contributed by atoms with Gasteiger partial charge < -0.3 is 14.8 Å². The molecule has 0 fully saturated rings. The maximum absolute atomic E-state index is 12.1. The molecular formula is C19H35NO8S. The lowest BCUT2D eigenvalue weighted by molar-refractivity contribution is -0.144. The van der Waals surface area contributed by atoms with Gasteiger partial charge in [-0.1, -0.05) is 0 Å². The lowest BCUT2D eigenvalue weighted by Gasteiger charge is -2.25. The summed E-state index contributed by atoms with van der Waals surface area (Å²) in [4.78, 5) is 35.4. The van der Waals surface area contributed by atoms with Gasteiger partial charge in [0.15, 0.2) is 0 Å². The normalized spacial score (nSPS) is 13.0. The van der Waals surface area contributed by atoms with E-state index in [1.54, 1.807) is 7.11 Å². The average molecular weight is 438 g/mol. The largest absolute Gasteiger partial charge is 0.466 e. The van der Waals surface area contributed by atoms with Crippen LogP contribution in [0.5, 0.6) is 0 Å². The van der Waals surface area contributed by atoms with Crippen molar-refractivity contribution in [3.8, 4) is 0 Å². The number of carbonyl (C=O) groups excluding carboxylic acids is 3. The van der Waals surface area contributed by atoms with Crippen molar-refractivity contribution in [2.24, 2.45) is 5.92 Å². The zero-order valence-corrected chi connectivity index (χ0v) is 18.7. The highest BCUT2D eigenvalue weighted by molar-refractivity contribution is 7.85. The Bertz CT molecular complexity index is 630. The molecule has 0 radical (unpaired) electrons. The van der Waals surface area contributed by atoms with Crippen LogP contribution in [0.3, 0.4) is 0 Å². The van der Waals surface area contributed by atoms with Gasteiger partial charge in [-0.15, -0.1) is 0 Å². The molecule has 0 saturated heterocycles. The molecule has 0 heterocycles. The van der Waals surface area contributed by atoms with Crippen LogP contribution in [0.2, 0.25) is 0 Å². The molecule has 0 aromatic rings. The minimum atomic E-state index is -4.22. The Hall–Kier alpha value is -1.52. The highest BCUT2D eigenvalue weighted by atomic mass is 32.2. The van der Waals surface area contributed by atoms with E-state index in [1.807, 2.05) is 0 Å². The maximum Gasteiger partial charge on any atom is 0.305 e. The second-order valence-corrected chi connectivity index (χ2v) is 9.27. The van der Waals surface area contributed by atoms with E-state index in [1.165, 1.54) is 20.8 Å². The number of methoxy groups -OCH3 is 1. The number of hydrogen-bond donors (Lipinski definition) is 2. The van der Waals surface area contributed by atoms with Crippen molar-refractivity contribution < 1.29 is 36.8 Å². The number of ketones is 1. The maximum atomic E-state index is 12.1. The molecule has 1 atom stereocenters. The Labute approximate surface area is 173 Å². The van der Waals surface area contributed by atoms with Gasteiger partial charge in [0.2, 0.25) is 5.91 Å². The SMILES string of the molecule is COCCCCC(=O)OCCCC(CCC(=O)NC(C)(C)CS(=O)(=O)O)C(C)=O. The van der Waals surface area contributed by atoms with Gasteiger partial charge in [0, 0.05) is 32.5 Å². The third-order valence-corrected chi connectivity index (χ3v) is 5.34. The van der Waals surface area contributed by atoms with Gasteiger partial charge in [-0.3, -0.25) is 18.9 Å². The number of amides is 1. The van der Waals surface area contributed by atoms with Crippen molar-refractivity contribution in [2.45, 2.75) is 71.3 Å². The summed E-state index contributed by atoms with van der Waals surface area (Å²) in [6.07, 6.45) is 3.20. The van der Waals surface area contributed by atoms with E-state index in [0.29, 0.717) is 38.7 Å². The quantitative estimate of drug-likeness (QED) is 0.212. The van der Waals surface area contributed by atoms with Gasteiger partial charge >= 0.3 is 5.97 Å². The van der Waals surface area contributed by atoms with E-state index in [0.717, 1.165) is 6.42 Å². The summed E-state index contributed by atoms with van der Waals surface area (Å²) in [5.74, 6) is -1.67. The third kappa shape index (κ3) is 16.0. The van der Waals surface area contributed by atoms with E-state index >= 15 is 0 Å². The molecule has 2 N–H and O–H groups in total. The Morgan fingerprint density at radius 1 is 1.03 bits per heavy atom. The fourth-order valence-corrected chi connectivity index (χ4v) is 3.88. The molecule has 29 heavy (non-hydrogen) atoms. The fourth-order valence-electron chi connectivity index (χ4n) is 2.89. The number of hydrogen-bond acceptors (Lipinski definition) is 7. The van der Waals surface area contributed by atoms with Crippen molar-refractivity contribution >= 4 is 27.8 Å². The van der Waals surface area contributed by atoms with Gasteiger partial charge in [0.25, 0.3) is 10.1 Å². The first kappa shape index (κ1) is 27.5. The molecule has 0 rings (SSSR count). The lowest BCUT2D eigenvalue weighted by Crippen LogP contribution is -2.48. The smallest absolute Gasteiger partial charge is 0.305 e. The molecule has 0 spiro atoms. The fraction of sp³-hybridized carbons (Fsp3) is 0.842. The van der Waals surface area contributed by atoms with Crippen LogP contribution in [0.15, 0.2) is 0 Å². The number of unbranched alkanes of at least 4 members (excludes halogenated alkanes) is 1. The second kappa shape index (κ2) is 13.7. The number of ether oxygens (including phenoxy) is 2. The van der Waals surface area contributed by atoms with Crippen LogP contribution in [-0.2, 0) is 34.0 Å². The van der Waals surface area contributed by atoms with Crippen LogP contribution in [0.25, 0.3) is 0 Å². The van der Waals surface area contributed by atoms with Crippen LogP contribution in [0.4, 0.5) is 0 Å². The molecule has 1 unspecified atom stereocenters. The van der Waals surface area contributed by atoms with Crippen LogP contribution in [0.1, 0.15) is 65.7 Å². The zero-order chi connectivity index (χ0) is 22.5. The molecule has 9 nitrogen and oxygen atoms in total. The van der Waals surface area contributed by atoms with E-state index in [-0.39, 0.29) is 30.7 Å². The summed E-state index contributed by atoms with van der Waals surface area (Å²) in [6, 6.07) is 0. The van der Waals surface area contributed by atoms with Crippen molar-refractivity contribution in [2.75, 3.05) is 26.1 Å². The zero-order valence-electron chi connectivity index (χ0n) is 17.9. The van der Waals surface area contributed by atoms with Crippen LogP contribution < -0.4 is 5.32 Å². The topological polar surface area (TPSA) is 136 Å². The number of esters is 1. The van der Waals surface area contributed by atoms with Gasteiger partial charge in [0.05, 0.1) is 17.9 Å². The number of carbonyl (C=O) groups is 3. The molecule has 1 amide bonds. The number of rotatable bonds is 16. The molecule has 0 aliphatic heterocycles. The van der Waals surface area contributed by atoms with E-state index < -0.39 is 27.3 Å². The van der Waals surface area contributed by atoms with Gasteiger partial charge in [-0.2, -0.15) is 8.42 Å². The summed E-state index contributed by atoms with van der Waals surface area (Å²) in [7, 11) is -2.61. The first-order chi connectivity index (χ1) is 13.4. The molecule has 0 bridgehead atoms. The number of Topliss-reactive ketones (excluding diaryl/α,β-unsaturated/α-hetero) is 1. The molecule has 0 saturated carbocycles. The van der Waals surface area contributed by atoms with Crippen LogP contribution in [0, 0.1) is 5.92 Å². The Kier molecular flexibility index (Phi) is 12.9. The van der Waals surface area contributed by atoms with Crippen molar-refractivity contribution in [3.05, 3.63) is 0 Å². The third-order valence-electron chi connectivity index (χ3n) is 4.26. The highest BCUT2D eigenvalue weighted by Gasteiger charge is 2.27. The summed E-state index contributed by atoms with van der Waals surface area (Å²) in [5, 5.41) is 2.55. The van der Waals surface area contributed by atoms with Crippen molar-refractivity contribution in [1.82, 2.24) is 5.32 Å². The van der Waals surface area contributed by atoms with Crippen LogP contribution >= 0.6 is 0 Å². The van der Waals surface area contributed by atoms with Gasteiger partial charge in [-0.05, 0) is 52.9 Å². The van der Waals surface area contributed by atoms with Gasteiger partial charge in [0.1, 0.15) is 5.78 Å². The summed E-state index contributed by atoms with van der Waals surface area (Å²) in [6.45, 7) is 5.26. The molecule has 0 aromatic carbocycles. The Morgan fingerprint density at radius 3 is 2.24 bits per heavy atom. The first-order valence-corrected chi connectivity index (χ1v) is 11.4. The predicted octanol–water partition coefficient (Wildman–Crippen LogP) is 1.89. The number of nitrogens with one attached hydrogen (secondary N) is 1. The molecule has 10 heteroatoms. The minimum Gasteiger partial charge on any atom is -0.466 e. The van der Waals surface area contributed by atoms with E-state index in [9.17, 15) is 22.8 Å².